The lowest BCUT2D eigenvalue weighted by Crippen LogP contribution is -2.13. The highest BCUT2D eigenvalue weighted by atomic mass is 16.5. The van der Waals surface area contributed by atoms with Crippen molar-refractivity contribution < 1.29 is 18.7 Å². The minimum Gasteiger partial charge on any atom is -0.493 e. The predicted molar refractivity (Wildman–Crippen MR) is 141 cm³/mol. The van der Waals surface area contributed by atoms with Gasteiger partial charge < -0.3 is 23.6 Å². The fourth-order valence-electron chi connectivity index (χ4n) is 3.30. The zero-order valence-electron chi connectivity index (χ0n) is 22.3. The predicted octanol–water partition coefficient (Wildman–Crippen LogP) is 6.48. The third kappa shape index (κ3) is 11.7. The molecule has 0 aliphatic carbocycles. The average molecular weight is 476 g/mol. The molecule has 2 rings (SSSR count). The Morgan fingerprint density at radius 3 is 2.26 bits per heavy atom. The van der Waals surface area contributed by atoms with E-state index in [0.717, 1.165) is 56.1 Å². The quantitative estimate of drug-likeness (QED) is 0.177. The summed E-state index contributed by atoms with van der Waals surface area (Å²) in [5.74, 6) is 1.31. The van der Waals surface area contributed by atoms with Crippen LogP contribution in [0.15, 0.2) is 33.5 Å². The number of anilines is 1. The molecule has 0 bridgehead atoms. The summed E-state index contributed by atoms with van der Waals surface area (Å²) in [6.07, 6.45) is 8.76. The summed E-state index contributed by atoms with van der Waals surface area (Å²) < 4.78 is 16.2. The third-order valence-electron chi connectivity index (χ3n) is 5.64. The fourth-order valence-corrected chi connectivity index (χ4v) is 3.30. The van der Waals surface area contributed by atoms with E-state index >= 15 is 0 Å². The molecule has 0 atom stereocenters. The number of benzene rings is 1. The molecular formula is C28H45NO5. The zero-order chi connectivity index (χ0) is 25.6. The summed E-state index contributed by atoms with van der Waals surface area (Å²) in [5, 5.41) is 0.834. The van der Waals surface area contributed by atoms with Gasteiger partial charge in [0.1, 0.15) is 17.6 Å². The van der Waals surface area contributed by atoms with Gasteiger partial charge in [0, 0.05) is 45.0 Å². The second-order valence-electron chi connectivity index (χ2n) is 10.2. The van der Waals surface area contributed by atoms with Crippen molar-refractivity contribution in [2.24, 2.45) is 11.3 Å². The number of methoxy groups -OCH3 is 1. The summed E-state index contributed by atoms with van der Waals surface area (Å²) >= 11 is 0. The van der Waals surface area contributed by atoms with Crippen LogP contribution in [0.2, 0.25) is 0 Å². The van der Waals surface area contributed by atoms with E-state index < -0.39 is 0 Å². The number of carbonyl (C=O) groups excluding carboxylic acids is 1. The Morgan fingerprint density at radius 1 is 1.03 bits per heavy atom. The molecule has 1 aromatic carbocycles. The molecule has 0 N–H and O–H groups in total. The first-order valence-corrected chi connectivity index (χ1v) is 12.4. The first kappa shape index (κ1) is 29.7. The first-order valence-electron chi connectivity index (χ1n) is 12.4. The Labute approximate surface area is 205 Å². The summed E-state index contributed by atoms with van der Waals surface area (Å²) in [7, 11) is 5.63. The largest absolute Gasteiger partial charge is 0.493 e. The van der Waals surface area contributed by atoms with Gasteiger partial charge in [0.15, 0.2) is 0 Å². The summed E-state index contributed by atoms with van der Waals surface area (Å²) in [6, 6.07) is 7.22. The zero-order valence-corrected chi connectivity index (χ0v) is 22.3. The molecule has 0 radical (unpaired) electrons. The molecule has 0 unspecified atom stereocenters. The Balaban J connectivity index is 0.000000489. The third-order valence-corrected chi connectivity index (χ3v) is 5.64. The summed E-state index contributed by atoms with van der Waals surface area (Å²) in [5.41, 5.74) is 1.06. The molecule has 192 valence electrons. The molecule has 6 nitrogen and oxygen atoms in total. The van der Waals surface area contributed by atoms with E-state index in [1.54, 1.807) is 7.11 Å². The standard InChI is InChI=1S/C19H27NO4.C9H18O/c1-20(2)15-9-10-16-17(14-19(21)24-18(16)13-15)23-12-8-6-4-5-7-11-22-3;1-8(2)5-6-9(3,4)7-10/h9-10,13-14H,4-8,11-12H2,1-3H3;7-8H,5-6H2,1-4H3. The molecule has 0 fully saturated rings. The van der Waals surface area contributed by atoms with Crippen LogP contribution in [0, 0.1) is 11.3 Å². The number of hydrogen-bond acceptors (Lipinski definition) is 6. The Morgan fingerprint density at radius 2 is 1.68 bits per heavy atom. The maximum atomic E-state index is 11.7. The highest BCUT2D eigenvalue weighted by Crippen LogP contribution is 2.27. The van der Waals surface area contributed by atoms with Crippen molar-refractivity contribution in [1.29, 1.82) is 0 Å². The molecule has 0 aliphatic heterocycles. The van der Waals surface area contributed by atoms with Crippen molar-refractivity contribution in [1.82, 2.24) is 0 Å². The molecule has 0 spiro atoms. The number of aldehydes is 1. The summed E-state index contributed by atoms with van der Waals surface area (Å²) in [6.45, 7) is 9.78. The van der Waals surface area contributed by atoms with Gasteiger partial charge in [0.05, 0.1) is 18.1 Å². The van der Waals surface area contributed by atoms with Crippen molar-refractivity contribution in [3.8, 4) is 5.75 Å². The van der Waals surface area contributed by atoms with Crippen LogP contribution in [0.4, 0.5) is 5.69 Å². The Kier molecular flexibility index (Phi) is 13.6. The first-order chi connectivity index (χ1) is 16.1. The summed E-state index contributed by atoms with van der Waals surface area (Å²) in [4.78, 5) is 24.2. The smallest absolute Gasteiger partial charge is 0.339 e. The van der Waals surface area contributed by atoms with E-state index in [4.69, 9.17) is 13.9 Å². The molecule has 1 heterocycles. The number of nitrogens with zero attached hydrogens (tertiary/aromatic N) is 1. The monoisotopic (exact) mass is 475 g/mol. The van der Waals surface area contributed by atoms with Gasteiger partial charge >= 0.3 is 5.63 Å². The topological polar surface area (TPSA) is 69.0 Å². The van der Waals surface area contributed by atoms with Crippen LogP contribution in [0.1, 0.15) is 72.6 Å². The van der Waals surface area contributed by atoms with Gasteiger partial charge in [-0.1, -0.05) is 53.4 Å². The lowest BCUT2D eigenvalue weighted by Gasteiger charge is -2.17. The van der Waals surface area contributed by atoms with Gasteiger partial charge in [-0.05, 0) is 37.3 Å². The van der Waals surface area contributed by atoms with E-state index in [9.17, 15) is 9.59 Å². The van der Waals surface area contributed by atoms with E-state index in [1.165, 1.54) is 18.9 Å². The fraction of sp³-hybridized carbons (Fsp3) is 0.643. The molecule has 2 aromatic rings. The lowest BCUT2D eigenvalue weighted by atomic mass is 9.87. The van der Waals surface area contributed by atoms with Gasteiger partial charge in [-0.25, -0.2) is 4.79 Å². The molecular weight excluding hydrogens is 430 g/mol. The maximum absolute atomic E-state index is 11.7. The van der Waals surface area contributed by atoms with Crippen molar-refractivity contribution >= 4 is 22.9 Å². The number of rotatable bonds is 14. The molecule has 0 aliphatic rings. The van der Waals surface area contributed by atoms with Gasteiger partial charge in [0.2, 0.25) is 0 Å². The maximum Gasteiger partial charge on any atom is 0.339 e. The van der Waals surface area contributed by atoms with Gasteiger partial charge in [0.25, 0.3) is 0 Å². The van der Waals surface area contributed by atoms with Gasteiger partial charge in [-0.3, -0.25) is 0 Å². The average Bonchev–Trinajstić information content (AvgIpc) is 2.79. The van der Waals surface area contributed by atoms with Crippen LogP contribution in [0.3, 0.4) is 0 Å². The number of unbranched alkanes of at least 4 members (excludes halogenated alkanes) is 4. The van der Waals surface area contributed by atoms with Crippen LogP contribution in [-0.2, 0) is 9.53 Å². The van der Waals surface area contributed by atoms with Gasteiger partial charge in [-0.15, -0.1) is 0 Å². The highest BCUT2D eigenvalue weighted by molar-refractivity contribution is 5.86. The number of fused-ring (bicyclic) bond motifs is 1. The number of ether oxygens (including phenoxy) is 2. The minimum absolute atomic E-state index is 0.107. The molecule has 0 saturated heterocycles. The SMILES string of the molecule is CC(C)CCC(C)(C)C=O.COCCCCCCCOc1cc(=O)oc2cc(N(C)C)ccc12. The Bertz CT molecular complexity index is 901. The molecule has 34 heavy (non-hydrogen) atoms. The van der Waals surface area contributed by atoms with Crippen LogP contribution in [0.5, 0.6) is 5.75 Å². The van der Waals surface area contributed by atoms with Gasteiger partial charge in [-0.2, -0.15) is 0 Å². The van der Waals surface area contributed by atoms with E-state index in [1.807, 2.05) is 51.0 Å². The van der Waals surface area contributed by atoms with Crippen molar-refractivity contribution in [3.05, 3.63) is 34.7 Å². The van der Waals surface area contributed by atoms with E-state index in [0.29, 0.717) is 23.9 Å². The minimum atomic E-state index is -0.382. The van der Waals surface area contributed by atoms with E-state index in [-0.39, 0.29) is 11.0 Å². The molecule has 0 amide bonds. The van der Waals surface area contributed by atoms with Crippen LogP contribution in [0.25, 0.3) is 11.0 Å². The van der Waals surface area contributed by atoms with Crippen molar-refractivity contribution in [3.63, 3.8) is 0 Å². The highest BCUT2D eigenvalue weighted by Gasteiger charge is 2.16. The number of hydrogen-bond donors (Lipinski definition) is 0. The van der Waals surface area contributed by atoms with Crippen LogP contribution >= 0.6 is 0 Å². The lowest BCUT2D eigenvalue weighted by molar-refractivity contribution is -0.115. The molecule has 6 heteroatoms. The molecule has 0 saturated carbocycles. The van der Waals surface area contributed by atoms with Crippen molar-refractivity contribution in [2.75, 3.05) is 39.3 Å². The van der Waals surface area contributed by atoms with Crippen molar-refractivity contribution in [2.45, 2.75) is 72.6 Å². The van der Waals surface area contributed by atoms with Crippen LogP contribution in [-0.4, -0.2) is 40.7 Å². The Hall–Kier alpha value is -2.34. The second kappa shape index (κ2) is 15.5. The molecule has 1 aromatic heterocycles. The van der Waals surface area contributed by atoms with E-state index in [2.05, 4.69) is 13.8 Å². The second-order valence-corrected chi connectivity index (χ2v) is 10.2. The number of carbonyl (C=O) groups is 1. The van der Waals surface area contributed by atoms with Crippen LogP contribution < -0.4 is 15.3 Å². The normalized spacial score (nSPS) is 11.3.